The second kappa shape index (κ2) is 13.1. The normalized spacial score (nSPS) is 19.0. The van der Waals surface area contributed by atoms with Crippen LogP contribution in [0.25, 0.3) is 0 Å². The van der Waals surface area contributed by atoms with Crippen LogP contribution in [-0.4, -0.2) is 81.1 Å². The number of aliphatic hydroxyl groups is 1. The van der Waals surface area contributed by atoms with E-state index < -0.39 is 22.0 Å². The van der Waals surface area contributed by atoms with Crippen LogP contribution >= 0.6 is 0 Å². The van der Waals surface area contributed by atoms with Gasteiger partial charge in [0.05, 0.1) is 17.2 Å². The number of amides is 1. The molecule has 2 atom stereocenters. The number of ether oxygens (including phenoxy) is 2. The van der Waals surface area contributed by atoms with E-state index in [1.54, 1.807) is 12.1 Å². The van der Waals surface area contributed by atoms with Crippen LogP contribution < -0.4 is 20.1 Å². The second-order valence-corrected chi connectivity index (χ2v) is 12.7. The van der Waals surface area contributed by atoms with Gasteiger partial charge in [0.25, 0.3) is 0 Å². The molecule has 0 radical (unpaired) electrons. The SMILES string of the molecule is CCCCS(=O)(=O)c1ccc2c(c1)OC(C(O)CNC1CCN(CC(=O)Nc3c(C)cccc3C)CC1)CO2. The van der Waals surface area contributed by atoms with E-state index in [4.69, 9.17) is 9.47 Å². The third-order valence-electron chi connectivity index (χ3n) is 7.47. The Balaban J connectivity index is 1.21. The molecule has 39 heavy (non-hydrogen) atoms. The molecule has 0 aromatic heterocycles. The average Bonchev–Trinajstić information content (AvgIpc) is 2.93. The summed E-state index contributed by atoms with van der Waals surface area (Å²) in [5.74, 6) is 0.907. The standard InChI is InChI=1S/C29H41N3O6S/c1-4-5-15-39(35,36)23-9-10-25-26(16-23)38-27(19-37-25)24(33)17-30-22-11-13-32(14-12-22)18-28(34)31-29-20(2)7-6-8-21(29)3/h6-10,16,22,24,27,30,33H,4-5,11-15,17-19H2,1-3H3,(H,31,34). The maximum atomic E-state index is 12.6. The van der Waals surface area contributed by atoms with Crippen LogP contribution in [-0.2, 0) is 14.6 Å². The largest absolute Gasteiger partial charge is 0.486 e. The van der Waals surface area contributed by atoms with Gasteiger partial charge in [-0.25, -0.2) is 8.42 Å². The van der Waals surface area contributed by atoms with E-state index in [0.717, 1.165) is 49.2 Å². The quantitative estimate of drug-likeness (QED) is 0.385. The summed E-state index contributed by atoms with van der Waals surface area (Å²) >= 11 is 0. The molecule has 10 heteroatoms. The number of piperidine rings is 1. The van der Waals surface area contributed by atoms with Crippen molar-refractivity contribution in [2.75, 3.05) is 43.9 Å². The number of benzene rings is 2. The van der Waals surface area contributed by atoms with Crippen LogP contribution in [0, 0.1) is 13.8 Å². The molecule has 214 valence electrons. The zero-order valence-corrected chi connectivity index (χ0v) is 23.9. The molecule has 2 aromatic carbocycles. The van der Waals surface area contributed by atoms with Crippen molar-refractivity contribution in [3.63, 3.8) is 0 Å². The van der Waals surface area contributed by atoms with E-state index in [0.29, 0.717) is 31.0 Å². The number of carbonyl (C=O) groups is 1. The third kappa shape index (κ3) is 7.72. The van der Waals surface area contributed by atoms with Crippen molar-refractivity contribution in [1.82, 2.24) is 10.2 Å². The zero-order valence-electron chi connectivity index (χ0n) is 23.1. The van der Waals surface area contributed by atoms with Gasteiger partial charge in [-0.05, 0) is 56.4 Å². The lowest BCUT2D eigenvalue weighted by atomic mass is 10.0. The minimum Gasteiger partial charge on any atom is -0.486 e. The number of rotatable bonds is 11. The number of nitrogens with zero attached hydrogens (tertiary/aromatic N) is 1. The molecule has 0 saturated carbocycles. The Hall–Kier alpha value is -2.66. The maximum Gasteiger partial charge on any atom is 0.238 e. The lowest BCUT2D eigenvalue weighted by molar-refractivity contribution is -0.117. The van der Waals surface area contributed by atoms with Crippen molar-refractivity contribution in [2.24, 2.45) is 0 Å². The Morgan fingerprint density at radius 2 is 1.85 bits per heavy atom. The van der Waals surface area contributed by atoms with Gasteiger partial charge in [0.15, 0.2) is 27.4 Å². The van der Waals surface area contributed by atoms with Gasteiger partial charge in [0.2, 0.25) is 5.91 Å². The summed E-state index contributed by atoms with van der Waals surface area (Å²) < 4.78 is 36.9. The number of fused-ring (bicyclic) bond motifs is 1. The maximum absolute atomic E-state index is 12.6. The summed E-state index contributed by atoms with van der Waals surface area (Å²) in [4.78, 5) is 15.0. The Labute approximate surface area is 231 Å². The molecule has 2 aliphatic heterocycles. The molecule has 2 aliphatic rings. The summed E-state index contributed by atoms with van der Waals surface area (Å²) in [5, 5.41) is 17.3. The van der Waals surface area contributed by atoms with Crippen molar-refractivity contribution in [3.05, 3.63) is 47.5 Å². The first-order chi connectivity index (χ1) is 18.7. The van der Waals surface area contributed by atoms with Gasteiger partial charge in [0.1, 0.15) is 12.7 Å². The van der Waals surface area contributed by atoms with Crippen LogP contribution in [0.2, 0.25) is 0 Å². The number of aryl methyl sites for hydroxylation is 2. The first kappa shape index (κ1) is 29.3. The molecule has 2 aromatic rings. The van der Waals surface area contributed by atoms with E-state index >= 15 is 0 Å². The summed E-state index contributed by atoms with van der Waals surface area (Å²) in [7, 11) is -3.39. The number of para-hydroxylation sites is 1. The Kier molecular flexibility index (Phi) is 9.87. The number of carbonyl (C=O) groups excluding carboxylic acids is 1. The molecule has 0 spiro atoms. The van der Waals surface area contributed by atoms with Gasteiger partial charge in [0, 0.05) is 37.4 Å². The molecule has 0 aliphatic carbocycles. The van der Waals surface area contributed by atoms with Crippen molar-refractivity contribution in [3.8, 4) is 11.5 Å². The minimum atomic E-state index is -3.39. The molecule has 9 nitrogen and oxygen atoms in total. The highest BCUT2D eigenvalue weighted by Crippen LogP contribution is 2.35. The molecule has 2 heterocycles. The molecule has 2 unspecified atom stereocenters. The zero-order chi connectivity index (χ0) is 28.0. The van der Waals surface area contributed by atoms with Crippen LogP contribution in [0.1, 0.15) is 43.7 Å². The fourth-order valence-corrected chi connectivity index (χ4v) is 6.48. The molecular formula is C29H41N3O6S. The fourth-order valence-electron chi connectivity index (χ4n) is 5.01. The summed E-state index contributed by atoms with van der Waals surface area (Å²) in [6.07, 6.45) is 1.71. The first-order valence-electron chi connectivity index (χ1n) is 13.8. The van der Waals surface area contributed by atoms with Gasteiger partial charge in [-0.3, -0.25) is 9.69 Å². The van der Waals surface area contributed by atoms with E-state index in [1.165, 1.54) is 6.07 Å². The smallest absolute Gasteiger partial charge is 0.238 e. The van der Waals surface area contributed by atoms with Crippen LogP contribution in [0.3, 0.4) is 0 Å². The Morgan fingerprint density at radius 3 is 2.54 bits per heavy atom. The predicted octanol–water partition coefficient (Wildman–Crippen LogP) is 3.07. The highest BCUT2D eigenvalue weighted by atomic mass is 32.2. The number of sulfone groups is 1. The van der Waals surface area contributed by atoms with E-state index in [9.17, 15) is 18.3 Å². The van der Waals surface area contributed by atoms with Gasteiger partial charge in [-0.1, -0.05) is 31.5 Å². The Morgan fingerprint density at radius 1 is 1.13 bits per heavy atom. The van der Waals surface area contributed by atoms with Crippen molar-refractivity contribution in [1.29, 1.82) is 0 Å². The predicted molar refractivity (Wildman–Crippen MR) is 151 cm³/mol. The number of aliphatic hydroxyl groups excluding tert-OH is 1. The van der Waals surface area contributed by atoms with Crippen LogP contribution in [0.15, 0.2) is 41.3 Å². The van der Waals surface area contributed by atoms with Gasteiger partial charge in [-0.15, -0.1) is 0 Å². The lowest BCUT2D eigenvalue weighted by Crippen LogP contribution is -2.50. The molecule has 1 fully saturated rings. The fraction of sp³-hybridized carbons (Fsp3) is 0.552. The first-order valence-corrected chi connectivity index (χ1v) is 15.5. The number of anilines is 1. The van der Waals surface area contributed by atoms with Crippen LogP contribution in [0.5, 0.6) is 11.5 Å². The van der Waals surface area contributed by atoms with Crippen LogP contribution in [0.4, 0.5) is 5.69 Å². The number of hydrogen-bond donors (Lipinski definition) is 3. The molecular weight excluding hydrogens is 518 g/mol. The average molecular weight is 560 g/mol. The van der Waals surface area contributed by atoms with Crippen molar-refractivity contribution >= 4 is 21.4 Å². The highest BCUT2D eigenvalue weighted by molar-refractivity contribution is 7.91. The van der Waals surface area contributed by atoms with Gasteiger partial charge < -0.3 is 25.2 Å². The monoisotopic (exact) mass is 559 g/mol. The topological polar surface area (TPSA) is 117 Å². The van der Waals surface area contributed by atoms with Crippen molar-refractivity contribution in [2.45, 2.75) is 69.6 Å². The van der Waals surface area contributed by atoms with E-state index in [2.05, 4.69) is 15.5 Å². The summed E-state index contributed by atoms with van der Waals surface area (Å²) in [6, 6.07) is 10.9. The molecule has 1 amide bonds. The number of unbranched alkanes of at least 4 members (excludes halogenated alkanes) is 1. The summed E-state index contributed by atoms with van der Waals surface area (Å²) in [5.41, 5.74) is 3.00. The van der Waals surface area contributed by atoms with Gasteiger partial charge >= 0.3 is 0 Å². The number of likely N-dealkylation sites (tertiary alicyclic amines) is 1. The number of nitrogens with one attached hydrogen (secondary N) is 2. The Bertz CT molecular complexity index is 1220. The second-order valence-electron chi connectivity index (χ2n) is 10.6. The molecule has 0 bridgehead atoms. The van der Waals surface area contributed by atoms with Crippen molar-refractivity contribution < 1.29 is 27.8 Å². The van der Waals surface area contributed by atoms with Gasteiger partial charge in [-0.2, -0.15) is 0 Å². The third-order valence-corrected chi connectivity index (χ3v) is 9.27. The number of hydrogen-bond acceptors (Lipinski definition) is 8. The van der Waals surface area contributed by atoms with E-state index in [1.807, 2.05) is 39.0 Å². The summed E-state index contributed by atoms with van der Waals surface area (Å²) in [6.45, 7) is 8.39. The highest BCUT2D eigenvalue weighted by Gasteiger charge is 2.30. The molecule has 1 saturated heterocycles. The van der Waals surface area contributed by atoms with E-state index in [-0.39, 0.29) is 29.2 Å². The minimum absolute atomic E-state index is 0.00900. The molecule has 3 N–H and O–H groups in total. The molecule has 4 rings (SSSR count). The lowest BCUT2D eigenvalue weighted by Gasteiger charge is -2.34.